The molecule has 1 unspecified atom stereocenters. The van der Waals surface area contributed by atoms with Gasteiger partial charge in [0.05, 0.1) is 25.2 Å². The second kappa shape index (κ2) is 9.16. The minimum Gasteiger partial charge on any atom is -0.481 e. The number of hydrogen-bond acceptors (Lipinski definition) is 5. The number of aromatic nitrogens is 1. The molecule has 1 aromatic carbocycles. The highest BCUT2D eigenvalue weighted by atomic mass is 32.2. The van der Waals surface area contributed by atoms with E-state index < -0.39 is 28.0 Å². The number of carbonyl (C=O) groups is 1. The summed E-state index contributed by atoms with van der Waals surface area (Å²) < 4.78 is 27.7. The Labute approximate surface area is 197 Å². The number of aryl methyl sites for hydroxylation is 2. The second-order valence-corrected chi connectivity index (χ2v) is 11.3. The van der Waals surface area contributed by atoms with Gasteiger partial charge in [-0.1, -0.05) is 18.2 Å². The molecule has 2 aliphatic rings. The van der Waals surface area contributed by atoms with E-state index in [1.54, 1.807) is 20.0 Å². The Balaban J connectivity index is 1.68. The lowest BCUT2D eigenvalue weighted by Crippen LogP contribution is -2.49. The van der Waals surface area contributed by atoms with E-state index in [1.165, 1.54) is 0 Å². The number of benzene rings is 1. The molecule has 2 aromatic rings. The largest absolute Gasteiger partial charge is 0.481 e. The maximum Gasteiger partial charge on any atom is 0.309 e. The van der Waals surface area contributed by atoms with E-state index in [1.807, 2.05) is 36.4 Å². The Morgan fingerprint density at radius 3 is 2.67 bits per heavy atom. The van der Waals surface area contributed by atoms with Crippen molar-refractivity contribution < 1.29 is 23.6 Å². The summed E-state index contributed by atoms with van der Waals surface area (Å²) in [7, 11) is -1.44. The van der Waals surface area contributed by atoms with Crippen LogP contribution in [0.2, 0.25) is 0 Å². The van der Waals surface area contributed by atoms with Crippen molar-refractivity contribution in [2.24, 2.45) is 5.41 Å². The first-order chi connectivity index (χ1) is 15.6. The van der Waals surface area contributed by atoms with Gasteiger partial charge in [0.25, 0.3) is 0 Å². The molecule has 0 saturated carbocycles. The summed E-state index contributed by atoms with van der Waals surface area (Å²) in [6, 6.07) is 7.94. The zero-order chi connectivity index (χ0) is 23.8. The Morgan fingerprint density at radius 1 is 1.24 bits per heavy atom. The predicted octanol–water partition coefficient (Wildman–Crippen LogP) is 3.82. The molecular formula is C25H32N2O5S. The quantitative estimate of drug-likeness (QED) is 0.712. The fraction of sp³-hybridized carbons (Fsp3) is 0.520. The lowest BCUT2D eigenvalue weighted by Gasteiger charge is -2.38. The predicted molar refractivity (Wildman–Crippen MR) is 126 cm³/mol. The second-order valence-electron chi connectivity index (χ2n) is 9.89. The molecule has 8 heteroatoms. The number of aliphatic carboxylic acids is 1. The van der Waals surface area contributed by atoms with Crippen molar-refractivity contribution in [3.8, 4) is 5.88 Å². The third-order valence-corrected chi connectivity index (χ3v) is 7.94. The lowest BCUT2D eigenvalue weighted by molar-refractivity contribution is -0.146. The summed E-state index contributed by atoms with van der Waals surface area (Å²) in [5.74, 6) is -0.381. The van der Waals surface area contributed by atoms with Gasteiger partial charge < -0.3 is 14.6 Å². The van der Waals surface area contributed by atoms with Gasteiger partial charge in [-0.2, -0.15) is 0 Å². The van der Waals surface area contributed by atoms with Crippen LogP contribution in [-0.4, -0.2) is 49.9 Å². The van der Waals surface area contributed by atoms with Crippen molar-refractivity contribution in [1.82, 2.24) is 9.29 Å². The molecule has 1 fully saturated rings. The molecule has 1 N–H and O–H groups in total. The van der Waals surface area contributed by atoms with E-state index in [2.05, 4.69) is 11.1 Å². The number of hydrogen-bond donors (Lipinski definition) is 1. The Morgan fingerprint density at radius 2 is 1.97 bits per heavy atom. The Kier molecular flexibility index (Phi) is 6.62. The number of rotatable bonds is 5. The van der Waals surface area contributed by atoms with E-state index in [4.69, 9.17) is 9.47 Å². The van der Waals surface area contributed by atoms with Gasteiger partial charge in [0.1, 0.15) is 21.5 Å². The smallest absolute Gasteiger partial charge is 0.309 e. The molecule has 1 aromatic heterocycles. The summed E-state index contributed by atoms with van der Waals surface area (Å²) in [6.07, 6.45) is 3.59. The van der Waals surface area contributed by atoms with Crippen LogP contribution in [0, 0.1) is 19.3 Å². The molecule has 7 nitrogen and oxygen atoms in total. The zero-order valence-corrected chi connectivity index (χ0v) is 20.5. The summed E-state index contributed by atoms with van der Waals surface area (Å²) in [6.45, 7) is 9.60. The van der Waals surface area contributed by atoms with Gasteiger partial charge in [0.2, 0.25) is 5.88 Å². The first-order valence-electron chi connectivity index (χ1n) is 11.3. The number of fused-ring (bicyclic) bond motifs is 1. The van der Waals surface area contributed by atoms with Gasteiger partial charge in [-0.3, -0.25) is 4.79 Å². The van der Waals surface area contributed by atoms with Crippen molar-refractivity contribution in [3.63, 3.8) is 0 Å². The number of pyridine rings is 1. The minimum atomic E-state index is -1.44. The number of ether oxygens (including phenoxy) is 2. The zero-order valence-electron chi connectivity index (χ0n) is 19.7. The van der Waals surface area contributed by atoms with Crippen molar-refractivity contribution in [2.75, 3.05) is 19.8 Å². The molecule has 33 heavy (non-hydrogen) atoms. The molecule has 3 heterocycles. The third-order valence-electron chi connectivity index (χ3n) is 6.54. The van der Waals surface area contributed by atoms with E-state index in [0.717, 1.165) is 22.3 Å². The highest BCUT2D eigenvalue weighted by molar-refractivity contribution is 7.82. The van der Waals surface area contributed by atoms with Gasteiger partial charge in [-0.15, -0.1) is 0 Å². The normalized spacial score (nSPS) is 20.7. The van der Waals surface area contributed by atoms with Crippen molar-refractivity contribution in [1.29, 1.82) is 0 Å². The van der Waals surface area contributed by atoms with Crippen LogP contribution in [0.4, 0.5) is 0 Å². The van der Waals surface area contributed by atoms with Gasteiger partial charge in [0.15, 0.2) is 0 Å². The molecule has 1 spiro atoms. The van der Waals surface area contributed by atoms with Crippen LogP contribution in [-0.2, 0) is 33.5 Å². The summed E-state index contributed by atoms with van der Waals surface area (Å²) in [4.78, 5) is 16.7. The van der Waals surface area contributed by atoms with Crippen molar-refractivity contribution in [2.45, 2.75) is 64.0 Å². The van der Waals surface area contributed by atoms with Crippen molar-refractivity contribution in [3.05, 3.63) is 52.7 Å². The number of carboxylic acid groups (broad SMARTS) is 1. The topological polar surface area (TPSA) is 89.0 Å². The van der Waals surface area contributed by atoms with E-state index >= 15 is 0 Å². The van der Waals surface area contributed by atoms with E-state index in [-0.39, 0.29) is 0 Å². The molecule has 0 radical (unpaired) electrons. The molecule has 1 atom stereocenters. The molecule has 178 valence electrons. The first kappa shape index (κ1) is 23.9. The molecule has 4 rings (SSSR count). The van der Waals surface area contributed by atoms with Crippen LogP contribution in [0.5, 0.6) is 5.88 Å². The molecular weight excluding hydrogens is 440 g/mol. The van der Waals surface area contributed by atoms with E-state index in [0.29, 0.717) is 56.3 Å². The number of nitrogens with zero attached hydrogens (tertiary/aromatic N) is 2. The van der Waals surface area contributed by atoms with Crippen LogP contribution in [0.3, 0.4) is 0 Å². The van der Waals surface area contributed by atoms with Crippen LogP contribution in [0.1, 0.15) is 48.9 Å². The molecule has 1 saturated heterocycles. The fourth-order valence-electron chi connectivity index (χ4n) is 4.39. The molecule has 0 bridgehead atoms. The van der Waals surface area contributed by atoms with Crippen molar-refractivity contribution >= 4 is 17.0 Å². The van der Waals surface area contributed by atoms with Gasteiger partial charge in [0, 0.05) is 25.6 Å². The maximum absolute atomic E-state index is 13.7. The van der Waals surface area contributed by atoms with Crippen LogP contribution in [0.15, 0.2) is 35.4 Å². The monoisotopic (exact) mass is 472 g/mol. The fourth-order valence-corrected chi connectivity index (χ4v) is 5.80. The van der Waals surface area contributed by atoms with Gasteiger partial charge in [-0.05, 0) is 62.4 Å². The summed E-state index contributed by atoms with van der Waals surface area (Å²) >= 11 is 0. The van der Waals surface area contributed by atoms with Crippen LogP contribution >= 0.6 is 0 Å². The average Bonchev–Trinajstić information content (AvgIpc) is 2.86. The average molecular weight is 473 g/mol. The Hall–Kier alpha value is -2.29. The standard InChI is InChI=1S/C25H32N2O5S/c1-17-11-21-22(26-14-17)32-25(7-9-31-10-8-25)16-27(33(21)30)15-20-12-19(6-5-18(20)2)13-24(3,4)23(28)29/h5-6,11-12,14H,7-10,13,15-16H2,1-4H3,(H,28,29). The number of carboxylic acids is 1. The highest BCUT2D eigenvalue weighted by Crippen LogP contribution is 2.37. The summed E-state index contributed by atoms with van der Waals surface area (Å²) in [5.41, 5.74) is 2.64. The first-order valence-corrected chi connectivity index (χ1v) is 12.4. The highest BCUT2D eigenvalue weighted by Gasteiger charge is 2.42. The molecule has 2 aliphatic heterocycles. The third kappa shape index (κ3) is 5.13. The maximum atomic E-state index is 13.7. The lowest BCUT2D eigenvalue weighted by atomic mass is 9.85. The molecule has 0 aliphatic carbocycles. The SMILES string of the molecule is Cc1cnc2c(c1)S(=O)N(Cc1cc(CC(C)(C)C(=O)O)ccc1C)CC1(CCOCC1)O2. The minimum absolute atomic E-state index is 0.426. The molecule has 0 amide bonds. The Bertz CT molecular complexity index is 1080. The summed E-state index contributed by atoms with van der Waals surface area (Å²) in [5, 5.41) is 9.53. The van der Waals surface area contributed by atoms with Crippen LogP contribution in [0.25, 0.3) is 0 Å². The van der Waals surface area contributed by atoms with E-state index in [9.17, 15) is 14.1 Å². The van der Waals surface area contributed by atoms with Gasteiger partial charge in [-0.25, -0.2) is 13.5 Å². The van der Waals surface area contributed by atoms with Crippen LogP contribution < -0.4 is 4.74 Å². The van der Waals surface area contributed by atoms with Gasteiger partial charge >= 0.3 is 5.97 Å².